The number of aromatic nitrogens is 2. The summed E-state index contributed by atoms with van der Waals surface area (Å²) in [6.45, 7) is 2.66. The number of halogens is 1. The second-order valence-corrected chi connectivity index (χ2v) is 3.91. The lowest BCUT2D eigenvalue weighted by atomic mass is 10.2. The molecule has 0 aliphatic carbocycles. The standard InChI is InChI=1S/C12H12ClN3/c1-9-3-2-4-11(12(9)13)16-7-10-5-14-8-15-6-10/h2-6,8,16H,7H2,1H3. The molecule has 0 saturated carbocycles. The maximum absolute atomic E-state index is 6.17. The molecule has 4 heteroatoms. The van der Waals surface area contributed by atoms with Gasteiger partial charge < -0.3 is 5.32 Å². The maximum atomic E-state index is 6.17. The highest BCUT2D eigenvalue weighted by atomic mass is 35.5. The summed E-state index contributed by atoms with van der Waals surface area (Å²) in [6.07, 6.45) is 5.08. The third-order valence-corrected chi connectivity index (χ3v) is 2.79. The molecule has 0 bridgehead atoms. The van der Waals surface area contributed by atoms with E-state index in [1.54, 1.807) is 12.4 Å². The van der Waals surface area contributed by atoms with Gasteiger partial charge >= 0.3 is 0 Å². The summed E-state index contributed by atoms with van der Waals surface area (Å²) < 4.78 is 0. The fourth-order valence-corrected chi connectivity index (χ4v) is 1.60. The van der Waals surface area contributed by atoms with Crippen LogP contribution in [0.15, 0.2) is 36.9 Å². The number of hydrogen-bond acceptors (Lipinski definition) is 3. The lowest BCUT2D eigenvalue weighted by Gasteiger charge is -2.09. The average molecular weight is 234 g/mol. The van der Waals surface area contributed by atoms with Crippen molar-refractivity contribution in [1.29, 1.82) is 0 Å². The quantitative estimate of drug-likeness (QED) is 0.886. The third kappa shape index (κ3) is 2.49. The molecule has 3 nitrogen and oxygen atoms in total. The first kappa shape index (κ1) is 10.9. The van der Waals surface area contributed by atoms with Crippen LogP contribution in [0.25, 0.3) is 0 Å². The zero-order chi connectivity index (χ0) is 11.4. The van der Waals surface area contributed by atoms with Crippen molar-refractivity contribution in [3.63, 3.8) is 0 Å². The number of aryl methyl sites for hydroxylation is 1. The molecule has 1 aromatic heterocycles. The minimum Gasteiger partial charge on any atom is -0.380 e. The SMILES string of the molecule is Cc1cccc(NCc2cncnc2)c1Cl. The summed E-state index contributed by atoms with van der Waals surface area (Å²) in [6, 6.07) is 5.92. The first-order chi connectivity index (χ1) is 7.77. The van der Waals surface area contributed by atoms with E-state index in [1.807, 2.05) is 25.1 Å². The predicted molar refractivity (Wildman–Crippen MR) is 65.5 cm³/mol. The van der Waals surface area contributed by atoms with E-state index in [0.29, 0.717) is 6.54 Å². The van der Waals surface area contributed by atoms with Crippen LogP contribution in [0.5, 0.6) is 0 Å². The molecular weight excluding hydrogens is 222 g/mol. The molecule has 0 atom stereocenters. The van der Waals surface area contributed by atoms with Gasteiger partial charge in [0.05, 0.1) is 10.7 Å². The van der Waals surface area contributed by atoms with E-state index in [0.717, 1.165) is 21.8 Å². The Balaban J connectivity index is 2.08. The highest BCUT2D eigenvalue weighted by molar-refractivity contribution is 6.33. The van der Waals surface area contributed by atoms with Gasteiger partial charge in [0.25, 0.3) is 0 Å². The Labute approximate surface area is 99.5 Å². The topological polar surface area (TPSA) is 37.8 Å². The molecule has 2 aromatic rings. The minimum absolute atomic E-state index is 0.671. The Bertz CT molecular complexity index is 471. The number of anilines is 1. The van der Waals surface area contributed by atoms with Gasteiger partial charge in [-0.2, -0.15) is 0 Å². The zero-order valence-corrected chi connectivity index (χ0v) is 9.70. The van der Waals surface area contributed by atoms with E-state index in [2.05, 4.69) is 15.3 Å². The number of hydrogen-bond donors (Lipinski definition) is 1. The largest absolute Gasteiger partial charge is 0.380 e. The van der Waals surface area contributed by atoms with Crippen LogP contribution in [-0.2, 0) is 6.54 Å². The van der Waals surface area contributed by atoms with Crippen LogP contribution >= 0.6 is 11.6 Å². The molecule has 0 aliphatic rings. The summed E-state index contributed by atoms with van der Waals surface area (Å²) in [5.74, 6) is 0. The van der Waals surface area contributed by atoms with Gasteiger partial charge in [0.15, 0.2) is 0 Å². The smallest absolute Gasteiger partial charge is 0.115 e. The first-order valence-electron chi connectivity index (χ1n) is 5.00. The molecule has 0 saturated heterocycles. The van der Waals surface area contributed by atoms with E-state index in [4.69, 9.17) is 11.6 Å². The molecule has 1 aromatic carbocycles. The molecule has 0 spiro atoms. The van der Waals surface area contributed by atoms with Crippen molar-refractivity contribution in [1.82, 2.24) is 9.97 Å². The lowest BCUT2D eigenvalue weighted by molar-refractivity contribution is 1.05. The summed E-state index contributed by atoms with van der Waals surface area (Å²) in [7, 11) is 0. The van der Waals surface area contributed by atoms with Crippen LogP contribution in [-0.4, -0.2) is 9.97 Å². The van der Waals surface area contributed by atoms with E-state index in [-0.39, 0.29) is 0 Å². The van der Waals surface area contributed by atoms with Crippen LogP contribution in [0.4, 0.5) is 5.69 Å². The van der Waals surface area contributed by atoms with Gasteiger partial charge in [0.1, 0.15) is 6.33 Å². The Morgan fingerprint density at radius 1 is 1.25 bits per heavy atom. The van der Waals surface area contributed by atoms with Gasteiger partial charge in [-0.15, -0.1) is 0 Å². The van der Waals surface area contributed by atoms with Gasteiger partial charge in [-0.1, -0.05) is 23.7 Å². The predicted octanol–water partition coefficient (Wildman–Crippen LogP) is 3.05. The Kier molecular flexibility index (Phi) is 3.37. The molecular formula is C12H12ClN3. The van der Waals surface area contributed by atoms with Crippen molar-refractivity contribution < 1.29 is 0 Å². The first-order valence-corrected chi connectivity index (χ1v) is 5.38. The summed E-state index contributed by atoms with van der Waals surface area (Å²) in [4.78, 5) is 7.91. The number of nitrogens with one attached hydrogen (secondary N) is 1. The van der Waals surface area contributed by atoms with Gasteiger partial charge in [0, 0.05) is 24.5 Å². The van der Waals surface area contributed by atoms with Crippen molar-refractivity contribution in [3.8, 4) is 0 Å². The second-order valence-electron chi connectivity index (χ2n) is 3.54. The van der Waals surface area contributed by atoms with Gasteiger partial charge in [0.2, 0.25) is 0 Å². The average Bonchev–Trinajstić information content (AvgIpc) is 2.32. The van der Waals surface area contributed by atoms with E-state index in [9.17, 15) is 0 Å². The zero-order valence-electron chi connectivity index (χ0n) is 8.94. The molecule has 82 valence electrons. The van der Waals surface area contributed by atoms with Gasteiger partial charge in [-0.05, 0) is 18.6 Å². The molecule has 1 N–H and O–H groups in total. The minimum atomic E-state index is 0.671. The van der Waals surface area contributed by atoms with E-state index in [1.165, 1.54) is 6.33 Å². The van der Waals surface area contributed by atoms with Gasteiger partial charge in [-0.3, -0.25) is 0 Å². The van der Waals surface area contributed by atoms with Crippen LogP contribution in [0.1, 0.15) is 11.1 Å². The Hall–Kier alpha value is -1.61. The Morgan fingerprint density at radius 2 is 2.00 bits per heavy atom. The molecule has 0 fully saturated rings. The number of nitrogens with zero attached hydrogens (tertiary/aromatic N) is 2. The molecule has 0 radical (unpaired) electrons. The Morgan fingerprint density at radius 3 is 2.75 bits per heavy atom. The summed E-state index contributed by atoms with van der Waals surface area (Å²) >= 11 is 6.17. The lowest BCUT2D eigenvalue weighted by Crippen LogP contribution is -2.01. The van der Waals surface area contributed by atoms with Crippen molar-refractivity contribution >= 4 is 17.3 Å². The fraction of sp³-hybridized carbons (Fsp3) is 0.167. The van der Waals surface area contributed by atoms with E-state index < -0.39 is 0 Å². The molecule has 0 amide bonds. The highest BCUT2D eigenvalue weighted by Gasteiger charge is 2.01. The molecule has 16 heavy (non-hydrogen) atoms. The van der Waals surface area contributed by atoms with Crippen molar-refractivity contribution in [3.05, 3.63) is 53.1 Å². The normalized spacial score (nSPS) is 10.1. The third-order valence-electron chi connectivity index (χ3n) is 2.29. The maximum Gasteiger partial charge on any atom is 0.115 e. The second kappa shape index (κ2) is 4.94. The molecule has 0 unspecified atom stereocenters. The van der Waals surface area contributed by atoms with Crippen molar-refractivity contribution in [2.45, 2.75) is 13.5 Å². The van der Waals surface area contributed by atoms with Crippen molar-refractivity contribution in [2.75, 3.05) is 5.32 Å². The number of benzene rings is 1. The summed E-state index contributed by atoms with van der Waals surface area (Å²) in [5.41, 5.74) is 3.03. The number of rotatable bonds is 3. The summed E-state index contributed by atoms with van der Waals surface area (Å²) in [5, 5.41) is 4.02. The van der Waals surface area contributed by atoms with Crippen LogP contribution < -0.4 is 5.32 Å². The van der Waals surface area contributed by atoms with Crippen LogP contribution in [0.2, 0.25) is 5.02 Å². The molecule has 0 aliphatic heterocycles. The monoisotopic (exact) mass is 233 g/mol. The van der Waals surface area contributed by atoms with Crippen LogP contribution in [0.3, 0.4) is 0 Å². The fourth-order valence-electron chi connectivity index (χ4n) is 1.40. The van der Waals surface area contributed by atoms with Crippen molar-refractivity contribution in [2.24, 2.45) is 0 Å². The highest BCUT2D eigenvalue weighted by Crippen LogP contribution is 2.25. The van der Waals surface area contributed by atoms with Crippen LogP contribution in [0, 0.1) is 6.92 Å². The van der Waals surface area contributed by atoms with Gasteiger partial charge in [-0.25, -0.2) is 9.97 Å². The molecule has 2 rings (SSSR count). The van der Waals surface area contributed by atoms with E-state index >= 15 is 0 Å². The molecule has 1 heterocycles.